The monoisotopic (exact) mass is 401 g/mol. The Morgan fingerprint density at radius 1 is 1.26 bits per heavy atom. The normalized spacial score (nSPS) is 11.7. The van der Waals surface area contributed by atoms with E-state index in [0.717, 1.165) is 35.2 Å². The van der Waals surface area contributed by atoms with Gasteiger partial charge in [-0.25, -0.2) is 4.98 Å². The number of ether oxygens (including phenoxy) is 1. The van der Waals surface area contributed by atoms with Crippen LogP contribution in [0.1, 0.15) is 25.2 Å². The number of aryl methyl sites for hydroxylation is 1. The van der Waals surface area contributed by atoms with Gasteiger partial charge in [0.05, 0.1) is 11.4 Å². The first-order valence-electron chi connectivity index (χ1n) is 8.37. The summed E-state index contributed by atoms with van der Waals surface area (Å²) in [6.07, 6.45) is -4.74. The van der Waals surface area contributed by atoms with Crippen molar-refractivity contribution < 1.29 is 22.7 Å². The third kappa shape index (κ3) is 6.50. The van der Waals surface area contributed by atoms with Crippen LogP contribution in [0.3, 0.4) is 0 Å². The molecule has 1 amide bonds. The highest BCUT2D eigenvalue weighted by molar-refractivity contribution is 7.99. The van der Waals surface area contributed by atoms with E-state index in [-0.39, 0.29) is 17.4 Å². The number of carbonyl (C=O) groups excluding carboxylic acids is 1. The minimum absolute atomic E-state index is 0.148. The number of carbonyl (C=O) groups is 1. The molecule has 1 aromatic heterocycles. The number of thioether (sulfide) groups is 1. The smallest absolute Gasteiger partial charge is 0.406 e. The van der Waals surface area contributed by atoms with Crippen molar-refractivity contribution in [2.75, 3.05) is 11.1 Å². The van der Waals surface area contributed by atoms with Gasteiger partial charge in [-0.1, -0.05) is 25.6 Å². The van der Waals surface area contributed by atoms with Crippen molar-refractivity contribution >= 4 is 23.4 Å². The number of rotatable bonds is 7. The molecule has 0 aliphatic rings. The van der Waals surface area contributed by atoms with Crippen LogP contribution < -0.4 is 10.1 Å². The van der Waals surface area contributed by atoms with E-state index in [9.17, 15) is 18.0 Å². The summed E-state index contributed by atoms with van der Waals surface area (Å²) in [5, 5.41) is 3.43. The molecular formula is C18H22F3N3O2S. The molecule has 0 saturated carbocycles. The molecule has 0 bridgehead atoms. The number of imidazole rings is 1. The molecule has 0 aliphatic carbocycles. The number of halogens is 3. The van der Waals surface area contributed by atoms with Gasteiger partial charge >= 0.3 is 6.36 Å². The summed E-state index contributed by atoms with van der Waals surface area (Å²) >= 11 is 1.33. The van der Waals surface area contributed by atoms with E-state index >= 15 is 0 Å². The molecule has 1 aromatic carbocycles. The standard InChI is InChI=1S/C18H22F3N3O2S/c1-11(2)9-24-13(4)12(3)22-17(24)27-10-16(25)23-14-5-7-15(8-6-14)26-18(19,20)21/h5-8,11H,9-10H2,1-4H3,(H,23,25). The highest BCUT2D eigenvalue weighted by Gasteiger charge is 2.30. The van der Waals surface area contributed by atoms with Gasteiger partial charge in [0.2, 0.25) is 5.91 Å². The minimum Gasteiger partial charge on any atom is -0.406 e. The quantitative estimate of drug-likeness (QED) is 0.678. The fourth-order valence-corrected chi connectivity index (χ4v) is 3.28. The lowest BCUT2D eigenvalue weighted by atomic mass is 10.2. The van der Waals surface area contributed by atoms with Crippen LogP contribution in [0.15, 0.2) is 29.4 Å². The van der Waals surface area contributed by atoms with E-state index in [4.69, 9.17) is 0 Å². The SMILES string of the molecule is Cc1nc(SCC(=O)Nc2ccc(OC(F)(F)F)cc2)n(CC(C)C)c1C. The Kier molecular flexibility index (Phi) is 6.80. The van der Waals surface area contributed by atoms with Gasteiger partial charge in [0, 0.05) is 17.9 Å². The number of nitrogens with zero attached hydrogens (tertiary/aromatic N) is 2. The number of hydrogen-bond donors (Lipinski definition) is 1. The van der Waals surface area contributed by atoms with E-state index in [1.54, 1.807) is 0 Å². The molecule has 148 valence electrons. The molecule has 27 heavy (non-hydrogen) atoms. The fourth-order valence-electron chi connectivity index (χ4n) is 2.38. The second kappa shape index (κ2) is 8.69. The number of hydrogen-bond acceptors (Lipinski definition) is 4. The highest BCUT2D eigenvalue weighted by atomic mass is 32.2. The Bertz CT molecular complexity index is 786. The molecule has 0 unspecified atom stereocenters. The molecule has 2 rings (SSSR count). The van der Waals surface area contributed by atoms with Crippen molar-refractivity contribution in [3.05, 3.63) is 35.7 Å². The molecule has 1 heterocycles. The number of aromatic nitrogens is 2. The maximum atomic E-state index is 12.2. The summed E-state index contributed by atoms with van der Waals surface area (Å²) in [7, 11) is 0. The van der Waals surface area contributed by atoms with Crippen molar-refractivity contribution in [3.63, 3.8) is 0 Å². The number of amides is 1. The molecule has 5 nitrogen and oxygen atoms in total. The third-order valence-electron chi connectivity index (χ3n) is 3.67. The van der Waals surface area contributed by atoms with Crippen molar-refractivity contribution in [2.24, 2.45) is 5.92 Å². The highest BCUT2D eigenvalue weighted by Crippen LogP contribution is 2.25. The molecule has 2 aromatic rings. The maximum absolute atomic E-state index is 12.2. The Labute approximate surface area is 160 Å². The second-order valence-electron chi connectivity index (χ2n) is 6.48. The lowest BCUT2D eigenvalue weighted by Crippen LogP contribution is -2.17. The molecular weight excluding hydrogens is 379 g/mol. The van der Waals surface area contributed by atoms with Crippen molar-refractivity contribution in [1.82, 2.24) is 9.55 Å². The van der Waals surface area contributed by atoms with Gasteiger partial charge in [-0.15, -0.1) is 13.2 Å². The Morgan fingerprint density at radius 2 is 1.89 bits per heavy atom. The van der Waals surface area contributed by atoms with Gasteiger partial charge in [-0.2, -0.15) is 0 Å². The van der Waals surface area contributed by atoms with Crippen LogP contribution in [0.5, 0.6) is 5.75 Å². The van der Waals surface area contributed by atoms with Crippen LogP contribution in [0.2, 0.25) is 0 Å². The molecule has 0 atom stereocenters. The van der Waals surface area contributed by atoms with Crippen molar-refractivity contribution in [2.45, 2.75) is 45.8 Å². The van der Waals surface area contributed by atoms with Gasteiger partial charge in [-0.05, 0) is 44.0 Å². The van der Waals surface area contributed by atoms with Gasteiger partial charge < -0.3 is 14.6 Å². The van der Waals surface area contributed by atoms with Crippen molar-refractivity contribution in [3.8, 4) is 5.75 Å². The van der Waals surface area contributed by atoms with Crippen molar-refractivity contribution in [1.29, 1.82) is 0 Å². The summed E-state index contributed by atoms with van der Waals surface area (Å²) in [6.45, 7) is 8.97. The summed E-state index contributed by atoms with van der Waals surface area (Å²) in [4.78, 5) is 16.7. The molecule has 0 fully saturated rings. The summed E-state index contributed by atoms with van der Waals surface area (Å²) in [5.74, 6) is -0.00671. The second-order valence-corrected chi connectivity index (χ2v) is 7.42. The van der Waals surface area contributed by atoms with Crippen LogP contribution in [-0.4, -0.2) is 27.6 Å². The van der Waals surface area contributed by atoms with E-state index in [2.05, 4.69) is 33.5 Å². The topological polar surface area (TPSA) is 56.1 Å². The first-order valence-corrected chi connectivity index (χ1v) is 9.36. The predicted octanol–water partition coefficient (Wildman–Crippen LogP) is 4.79. The predicted molar refractivity (Wildman–Crippen MR) is 99.0 cm³/mol. The molecule has 0 aliphatic heterocycles. The lowest BCUT2D eigenvalue weighted by molar-refractivity contribution is -0.274. The third-order valence-corrected chi connectivity index (χ3v) is 4.65. The van der Waals surface area contributed by atoms with Gasteiger partial charge in [-0.3, -0.25) is 4.79 Å². The number of nitrogens with one attached hydrogen (secondary N) is 1. The Balaban J connectivity index is 1.94. The summed E-state index contributed by atoms with van der Waals surface area (Å²) in [5.41, 5.74) is 2.40. The fraction of sp³-hybridized carbons (Fsp3) is 0.444. The average molecular weight is 401 g/mol. The zero-order valence-electron chi connectivity index (χ0n) is 15.6. The van der Waals surface area contributed by atoms with E-state index in [1.165, 1.54) is 23.9 Å². The Hall–Kier alpha value is -2.16. The molecule has 0 spiro atoms. The minimum atomic E-state index is -4.74. The van der Waals surface area contributed by atoms with Gasteiger partial charge in [0.15, 0.2) is 5.16 Å². The number of anilines is 1. The first-order chi connectivity index (χ1) is 12.5. The van der Waals surface area contributed by atoms with Gasteiger partial charge in [0.25, 0.3) is 0 Å². The Morgan fingerprint density at radius 3 is 2.44 bits per heavy atom. The summed E-state index contributed by atoms with van der Waals surface area (Å²) in [6, 6.07) is 5.02. The van der Waals surface area contributed by atoms with E-state index in [0.29, 0.717) is 11.6 Å². The largest absolute Gasteiger partial charge is 0.573 e. The van der Waals surface area contributed by atoms with Crippen LogP contribution in [0.4, 0.5) is 18.9 Å². The molecule has 0 saturated heterocycles. The van der Waals surface area contributed by atoms with Crippen LogP contribution in [0, 0.1) is 19.8 Å². The number of benzene rings is 1. The van der Waals surface area contributed by atoms with E-state index < -0.39 is 6.36 Å². The first kappa shape index (κ1) is 21.1. The van der Waals surface area contributed by atoms with Crippen LogP contribution in [0.25, 0.3) is 0 Å². The lowest BCUT2D eigenvalue weighted by Gasteiger charge is -2.12. The molecule has 9 heteroatoms. The molecule has 1 N–H and O–H groups in total. The number of alkyl halides is 3. The summed E-state index contributed by atoms with van der Waals surface area (Å²) < 4.78 is 42.4. The zero-order valence-corrected chi connectivity index (χ0v) is 16.4. The van der Waals surface area contributed by atoms with Crippen LogP contribution in [-0.2, 0) is 11.3 Å². The molecule has 0 radical (unpaired) electrons. The van der Waals surface area contributed by atoms with Crippen LogP contribution >= 0.6 is 11.8 Å². The zero-order chi connectivity index (χ0) is 20.2. The van der Waals surface area contributed by atoms with Gasteiger partial charge in [0.1, 0.15) is 5.75 Å². The average Bonchev–Trinajstić information content (AvgIpc) is 2.81. The maximum Gasteiger partial charge on any atom is 0.573 e. The van der Waals surface area contributed by atoms with E-state index in [1.807, 2.05) is 13.8 Å².